The summed E-state index contributed by atoms with van der Waals surface area (Å²) in [6, 6.07) is 4.55. The average molecular weight is 300 g/mol. The van der Waals surface area contributed by atoms with Gasteiger partial charge >= 0.3 is 0 Å². The van der Waals surface area contributed by atoms with Crippen molar-refractivity contribution in [2.45, 2.75) is 19.6 Å². The van der Waals surface area contributed by atoms with E-state index in [0.29, 0.717) is 16.8 Å². The van der Waals surface area contributed by atoms with Crippen molar-refractivity contribution in [1.82, 2.24) is 14.8 Å². The third-order valence-electron chi connectivity index (χ3n) is 2.46. The van der Waals surface area contributed by atoms with Crippen molar-refractivity contribution in [3.05, 3.63) is 46.2 Å². The van der Waals surface area contributed by atoms with Crippen LogP contribution >= 0.6 is 15.9 Å². The highest BCUT2D eigenvalue weighted by molar-refractivity contribution is 9.10. The van der Waals surface area contributed by atoms with Crippen LogP contribution in [-0.4, -0.2) is 19.9 Å². The van der Waals surface area contributed by atoms with E-state index in [9.17, 15) is 9.50 Å². The van der Waals surface area contributed by atoms with Crippen molar-refractivity contribution in [3.63, 3.8) is 0 Å². The van der Waals surface area contributed by atoms with E-state index >= 15 is 0 Å². The van der Waals surface area contributed by atoms with Gasteiger partial charge in [-0.05, 0) is 19.1 Å². The fourth-order valence-electron chi connectivity index (χ4n) is 1.63. The SMILES string of the molecule is CCn1ncnc1C(O)c1c(F)cccc1Br. The molecule has 0 fully saturated rings. The van der Waals surface area contributed by atoms with Gasteiger partial charge in [0.1, 0.15) is 18.2 Å². The number of hydrogen-bond acceptors (Lipinski definition) is 3. The van der Waals surface area contributed by atoms with Gasteiger partial charge in [-0.2, -0.15) is 5.10 Å². The van der Waals surface area contributed by atoms with Crippen LogP contribution in [0.25, 0.3) is 0 Å². The minimum atomic E-state index is -1.13. The van der Waals surface area contributed by atoms with E-state index in [4.69, 9.17) is 0 Å². The molecule has 1 aromatic carbocycles. The Morgan fingerprint density at radius 3 is 2.94 bits per heavy atom. The number of aromatic nitrogens is 3. The lowest BCUT2D eigenvalue weighted by Gasteiger charge is -2.13. The lowest BCUT2D eigenvalue weighted by atomic mass is 10.1. The van der Waals surface area contributed by atoms with Crippen LogP contribution < -0.4 is 0 Å². The van der Waals surface area contributed by atoms with E-state index in [2.05, 4.69) is 26.0 Å². The number of aliphatic hydroxyl groups is 1. The zero-order chi connectivity index (χ0) is 12.4. The number of aryl methyl sites for hydroxylation is 1. The quantitative estimate of drug-likeness (QED) is 0.946. The van der Waals surface area contributed by atoms with Crippen LogP contribution in [-0.2, 0) is 6.54 Å². The van der Waals surface area contributed by atoms with Crippen LogP contribution in [0.2, 0.25) is 0 Å². The molecule has 0 aliphatic carbocycles. The van der Waals surface area contributed by atoms with Crippen LogP contribution in [0.3, 0.4) is 0 Å². The van der Waals surface area contributed by atoms with E-state index in [-0.39, 0.29) is 5.56 Å². The van der Waals surface area contributed by atoms with Gasteiger partial charge in [-0.15, -0.1) is 0 Å². The van der Waals surface area contributed by atoms with E-state index < -0.39 is 11.9 Å². The van der Waals surface area contributed by atoms with Gasteiger partial charge in [0.2, 0.25) is 0 Å². The van der Waals surface area contributed by atoms with Crippen molar-refractivity contribution in [1.29, 1.82) is 0 Å². The molecule has 0 radical (unpaired) electrons. The summed E-state index contributed by atoms with van der Waals surface area (Å²) in [5, 5.41) is 14.1. The molecule has 0 aliphatic heterocycles. The molecular formula is C11H11BrFN3O. The maximum absolute atomic E-state index is 13.7. The lowest BCUT2D eigenvalue weighted by Crippen LogP contribution is -2.12. The van der Waals surface area contributed by atoms with Crippen LogP contribution in [0.1, 0.15) is 24.4 Å². The van der Waals surface area contributed by atoms with Crippen molar-refractivity contribution < 1.29 is 9.50 Å². The van der Waals surface area contributed by atoms with Gasteiger partial charge in [0.15, 0.2) is 5.82 Å². The molecule has 1 unspecified atom stereocenters. The summed E-state index contributed by atoms with van der Waals surface area (Å²) in [6.07, 6.45) is 0.213. The zero-order valence-corrected chi connectivity index (χ0v) is 10.7. The monoisotopic (exact) mass is 299 g/mol. The van der Waals surface area contributed by atoms with Gasteiger partial charge in [0.05, 0.1) is 0 Å². The summed E-state index contributed by atoms with van der Waals surface area (Å²) in [5.74, 6) is -0.143. The zero-order valence-electron chi connectivity index (χ0n) is 9.14. The molecule has 2 aromatic rings. The smallest absolute Gasteiger partial charge is 0.160 e. The number of rotatable bonds is 3. The minimum Gasteiger partial charge on any atom is -0.380 e. The molecule has 2 rings (SSSR count). The Balaban J connectivity index is 2.47. The first kappa shape index (κ1) is 12.2. The number of aliphatic hydroxyl groups excluding tert-OH is 1. The predicted molar refractivity (Wildman–Crippen MR) is 63.9 cm³/mol. The second-order valence-corrected chi connectivity index (χ2v) is 4.33. The minimum absolute atomic E-state index is 0.176. The van der Waals surface area contributed by atoms with Crippen molar-refractivity contribution >= 4 is 15.9 Å². The van der Waals surface area contributed by atoms with E-state index in [0.717, 1.165) is 0 Å². The molecule has 1 atom stereocenters. The first-order valence-electron chi connectivity index (χ1n) is 5.14. The Labute approximate surface area is 106 Å². The molecule has 1 N–H and O–H groups in total. The van der Waals surface area contributed by atoms with Gasteiger partial charge in [-0.3, -0.25) is 0 Å². The molecule has 0 saturated carbocycles. The first-order chi connectivity index (χ1) is 8.15. The Morgan fingerprint density at radius 1 is 1.53 bits per heavy atom. The maximum atomic E-state index is 13.7. The topological polar surface area (TPSA) is 50.9 Å². The second-order valence-electron chi connectivity index (χ2n) is 3.47. The van der Waals surface area contributed by atoms with Gasteiger partial charge in [0.25, 0.3) is 0 Å². The van der Waals surface area contributed by atoms with Gasteiger partial charge < -0.3 is 5.11 Å². The number of hydrogen-bond donors (Lipinski definition) is 1. The Bertz CT molecular complexity index is 509. The van der Waals surface area contributed by atoms with Gasteiger partial charge in [-0.1, -0.05) is 22.0 Å². The number of halogens is 2. The Hall–Kier alpha value is -1.27. The highest BCUT2D eigenvalue weighted by atomic mass is 79.9. The van der Waals surface area contributed by atoms with E-state index in [1.807, 2.05) is 6.92 Å². The molecular weight excluding hydrogens is 289 g/mol. The second kappa shape index (κ2) is 4.93. The highest BCUT2D eigenvalue weighted by Gasteiger charge is 2.22. The summed E-state index contributed by atoms with van der Waals surface area (Å²) >= 11 is 3.22. The largest absolute Gasteiger partial charge is 0.380 e. The van der Waals surface area contributed by atoms with Crippen molar-refractivity contribution in [2.24, 2.45) is 0 Å². The van der Waals surface area contributed by atoms with Crippen molar-refractivity contribution in [3.8, 4) is 0 Å². The Kier molecular flexibility index (Phi) is 3.54. The van der Waals surface area contributed by atoms with Crippen LogP contribution in [0.15, 0.2) is 29.0 Å². The predicted octanol–water partition coefficient (Wildman–Crippen LogP) is 2.28. The molecule has 0 bridgehead atoms. The summed E-state index contributed by atoms with van der Waals surface area (Å²) in [7, 11) is 0. The van der Waals surface area contributed by atoms with Crippen LogP contribution in [0.4, 0.5) is 4.39 Å². The first-order valence-corrected chi connectivity index (χ1v) is 5.94. The van der Waals surface area contributed by atoms with Crippen molar-refractivity contribution in [2.75, 3.05) is 0 Å². The van der Waals surface area contributed by atoms with E-state index in [1.165, 1.54) is 17.1 Å². The summed E-state index contributed by atoms with van der Waals surface area (Å²) in [6.45, 7) is 2.44. The molecule has 90 valence electrons. The summed E-state index contributed by atoms with van der Waals surface area (Å²) in [5.41, 5.74) is 0.176. The average Bonchev–Trinajstić information content (AvgIpc) is 2.76. The molecule has 0 saturated heterocycles. The third-order valence-corrected chi connectivity index (χ3v) is 3.15. The molecule has 0 aliphatic rings. The Morgan fingerprint density at radius 2 is 2.29 bits per heavy atom. The fourth-order valence-corrected chi connectivity index (χ4v) is 2.19. The summed E-state index contributed by atoms with van der Waals surface area (Å²) < 4.78 is 15.7. The molecule has 0 spiro atoms. The molecule has 0 amide bonds. The molecule has 1 heterocycles. The van der Waals surface area contributed by atoms with Crippen LogP contribution in [0, 0.1) is 5.82 Å². The number of benzene rings is 1. The number of nitrogens with zero attached hydrogens (tertiary/aromatic N) is 3. The molecule has 1 aromatic heterocycles. The van der Waals surface area contributed by atoms with Crippen LogP contribution in [0.5, 0.6) is 0 Å². The molecule has 6 heteroatoms. The van der Waals surface area contributed by atoms with Gasteiger partial charge in [0, 0.05) is 16.6 Å². The highest BCUT2D eigenvalue weighted by Crippen LogP contribution is 2.29. The molecule has 4 nitrogen and oxygen atoms in total. The van der Waals surface area contributed by atoms with Gasteiger partial charge in [-0.25, -0.2) is 14.1 Å². The van der Waals surface area contributed by atoms with E-state index in [1.54, 1.807) is 12.1 Å². The standard InChI is InChI=1S/C11H11BrFN3O/c1-2-16-11(14-6-15-16)10(17)9-7(12)4-3-5-8(9)13/h3-6,10,17H,2H2,1H3. The normalized spacial score (nSPS) is 12.7. The fraction of sp³-hybridized carbons (Fsp3) is 0.273. The summed E-state index contributed by atoms with van der Waals surface area (Å²) in [4.78, 5) is 3.96. The lowest BCUT2D eigenvalue weighted by molar-refractivity contribution is 0.197. The molecule has 17 heavy (non-hydrogen) atoms. The maximum Gasteiger partial charge on any atom is 0.160 e. The third kappa shape index (κ3) is 2.23.